The average molecular weight is 139 g/mol. The van der Waals surface area contributed by atoms with Crippen LogP contribution < -0.4 is 5.73 Å². The molecule has 0 aromatic carbocycles. The third kappa shape index (κ3) is 0.654. The lowest BCUT2D eigenvalue weighted by atomic mass is 9.78. The topological polar surface area (TPSA) is 64.9 Å². The first-order valence-electron chi connectivity index (χ1n) is 3.37. The van der Waals surface area contributed by atoms with Gasteiger partial charge in [0.05, 0.1) is 5.54 Å². The monoisotopic (exact) mass is 139 g/mol. The SMILES string of the molecule is NC1(c2ncno2)CCC1. The standard InChI is InChI=1S/C6H9N3O/c7-6(2-1-3-6)5-8-4-9-10-5/h4H,1-3,7H2. The van der Waals surface area contributed by atoms with Crippen LogP contribution in [0.1, 0.15) is 25.2 Å². The molecule has 0 unspecified atom stereocenters. The van der Waals surface area contributed by atoms with E-state index in [4.69, 9.17) is 10.3 Å². The van der Waals surface area contributed by atoms with E-state index in [0.29, 0.717) is 5.89 Å². The van der Waals surface area contributed by atoms with Crippen molar-refractivity contribution in [2.24, 2.45) is 5.73 Å². The Bertz CT molecular complexity index is 215. The summed E-state index contributed by atoms with van der Waals surface area (Å²) in [7, 11) is 0. The van der Waals surface area contributed by atoms with E-state index >= 15 is 0 Å². The van der Waals surface area contributed by atoms with Gasteiger partial charge in [-0.2, -0.15) is 4.98 Å². The van der Waals surface area contributed by atoms with Crippen molar-refractivity contribution < 1.29 is 4.52 Å². The summed E-state index contributed by atoms with van der Waals surface area (Å²) in [6.07, 6.45) is 4.49. The lowest BCUT2D eigenvalue weighted by Gasteiger charge is -2.33. The summed E-state index contributed by atoms with van der Waals surface area (Å²) < 4.78 is 4.85. The van der Waals surface area contributed by atoms with Crippen molar-refractivity contribution in [1.29, 1.82) is 0 Å². The van der Waals surface area contributed by atoms with E-state index in [1.54, 1.807) is 0 Å². The molecular weight excluding hydrogens is 130 g/mol. The predicted octanol–water partition coefficient (Wildman–Crippen LogP) is 0.407. The van der Waals surface area contributed by atoms with E-state index in [1.165, 1.54) is 12.7 Å². The molecule has 1 fully saturated rings. The third-order valence-corrected chi connectivity index (χ3v) is 2.03. The van der Waals surface area contributed by atoms with Gasteiger partial charge < -0.3 is 10.3 Å². The van der Waals surface area contributed by atoms with Gasteiger partial charge in [0.1, 0.15) is 0 Å². The maximum atomic E-state index is 5.87. The number of hydrogen-bond donors (Lipinski definition) is 1. The van der Waals surface area contributed by atoms with E-state index in [1.807, 2.05) is 0 Å². The van der Waals surface area contributed by atoms with Crippen molar-refractivity contribution in [2.45, 2.75) is 24.8 Å². The van der Waals surface area contributed by atoms with E-state index < -0.39 is 0 Å². The molecule has 0 saturated heterocycles. The van der Waals surface area contributed by atoms with Crippen molar-refractivity contribution >= 4 is 0 Å². The molecule has 54 valence electrons. The van der Waals surface area contributed by atoms with Gasteiger partial charge in [0.2, 0.25) is 5.89 Å². The number of hydrogen-bond acceptors (Lipinski definition) is 4. The van der Waals surface area contributed by atoms with Crippen LogP contribution in [0.4, 0.5) is 0 Å². The molecule has 0 atom stereocenters. The molecule has 0 aliphatic heterocycles. The Morgan fingerprint density at radius 1 is 1.60 bits per heavy atom. The Hall–Kier alpha value is -0.900. The molecule has 1 heterocycles. The van der Waals surface area contributed by atoms with Gasteiger partial charge in [-0.1, -0.05) is 5.16 Å². The molecule has 1 aromatic heterocycles. The Morgan fingerprint density at radius 3 is 2.80 bits per heavy atom. The fourth-order valence-corrected chi connectivity index (χ4v) is 1.16. The highest BCUT2D eigenvalue weighted by atomic mass is 16.5. The minimum absolute atomic E-state index is 0.295. The molecule has 0 spiro atoms. The maximum Gasteiger partial charge on any atom is 0.246 e. The minimum Gasteiger partial charge on any atom is -0.338 e. The van der Waals surface area contributed by atoms with Crippen molar-refractivity contribution in [3.8, 4) is 0 Å². The second-order valence-corrected chi connectivity index (χ2v) is 2.76. The highest BCUT2D eigenvalue weighted by Crippen LogP contribution is 2.36. The van der Waals surface area contributed by atoms with E-state index in [-0.39, 0.29) is 5.54 Å². The zero-order valence-corrected chi connectivity index (χ0v) is 5.58. The third-order valence-electron chi connectivity index (χ3n) is 2.03. The van der Waals surface area contributed by atoms with Crippen LogP contribution >= 0.6 is 0 Å². The predicted molar refractivity (Wildman–Crippen MR) is 34.0 cm³/mol. The van der Waals surface area contributed by atoms with Gasteiger partial charge in [0.25, 0.3) is 0 Å². The van der Waals surface area contributed by atoms with Crippen molar-refractivity contribution in [3.05, 3.63) is 12.2 Å². The van der Waals surface area contributed by atoms with Crippen molar-refractivity contribution in [1.82, 2.24) is 10.1 Å². The average Bonchev–Trinajstić information content (AvgIpc) is 2.33. The molecule has 0 bridgehead atoms. The number of nitrogens with two attached hydrogens (primary N) is 1. The lowest BCUT2D eigenvalue weighted by Crippen LogP contribution is -2.43. The summed E-state index contributed by atoms with van der Waals surface area (Å²) in [5.74, 6) is 0.582. The molecule has 2 N–H and O–H groups in total. The van der Waals surface area contributed by atoms with Gasteiger partial charge in [-0.3, -0.25) is 0 Å². The summed E-state index contributed by atoms with van der Waals surface area (Å²) in [6.45, 7) is 0. The zero-order chi connectivity index (χ0) is 7.03. The zero-order valence-electron chi connectivity index (χ0n) is 5.58. The quantitative estimate of drug-likeness (QED) is 0.611. The largest absolute Gasteiger partial charge is 0.338 e. The summed E-state index contributed by atoms with van der Waals surface area (Å²) in [4.78, 5) is 3.91. The molecule has 1 saturated carbocycles. The van der Waals surface area contributed by atoms with E-state index in [0.717, 1.165) is 12.8 Å². The fourth-order valence-electron chi connectivity index (χ4n) is 1.16. The lowest BCUT2D eigenvalue weighted by molar-refractivity contribution is 0.181. The molecule has 2 rings (SSSR count). The molecule has 1 aliphatic carbocycles. The Kier molecular flexibility index (Phi) is 1.05. The first kappa shape index (κ1) is 5.85. The minimum atomic E-state index is -0.295. The van der Waals surface area contributed by atoms with E-state index in [9.17, 15) is 0 Å². The highest BCUT2D eigenvalue weighted by Gasteiger charge is 2.39. The number of rotatable bonds is 1. The first-order valence-corrected chi connectivity index (χ1v) is 3.37. The summed E-state index contributed by atoms with van der Waals surface area (Å²) >= 11 is 0. The van der Waals surface area contributed by atoms with Gasteiger partial charge in [-0.25, -0.2) is 0 Å². The van der Waals surface area contributed by atoms with Crippen molar-refractivity contribution in [2.75, 3.05) is 0 Å². The van der Waals surface area contributed by atoms with Gasteiger partial charge in [0.15, 0.2) is 6.33 Å². The molecule has 1 aromatic rings. The smallest absolute Gasteiger partial charge is 0.246 e. The van der Waals surface area contributed by atoms with Gasteiger partial charge >= 0.3 is 0 Å². The van der Waals surface area contributed by atoms with Crippen LogP contribution in [-0.4, -0.2) is 10.1 Å². The second kappa shape index (κ2) is 1.79. The molecule has 0 radical (unpaired) electrons. The first-order chi connectivity index (χ1) is 4.81. The van der Waals surface area contributed by atoms with Crippen molar-refractivity contribution in [3.63, 3.8) is 0 Å². The van der Waals surface area contributed by atoms with Gasteiger partial charge in [-0.05, 0) is 19.3 Å². The summed E-state index contributed by atoms with van der Waals surface area (Å²) in [5.41, 5.74) is 5.58. The Balaban J connectivity index is 2.27. The number of nitrogens with zero attached hydrogens (tertiary/aromatic N) is 2. The Morgan fingerprint density at radius 2 is 2.40 bits per heavy atom. The molecular formula is C6H9N3O. The van der Waals surface area contributed by atoms with Crippen LogP contribution in [0.2, 0.25) is 0 Å². The summed E-state index contributed by atoms with van der Waals surface area (Å²) in [6, 6.07) is 0. The molecule has 4 heteroatoms. The van der Waals surface area contributed by atoms with Crippen LogP contribution in [0.15, 0.2) is 10.9 Å². The van der Waals surface area contributed by atoms with E-state index in [2.05, 4.69) is 10.1 Å². The van der Waals surface area contributed by atoms with Crippen LogP contribution in [-0.2, 0) is 5.54 Å². The number of aromatic nitrogens is 2. The Labute approximate surface area is 58.4 Å². The van der Waals surface area contributed by atoms with Crippen LogP contribution in [0, 0.1) is 0 Å². The highest BCUT2D eigenvalue weighted by molar-refractivity contribution is 5.04. The molecule has 4 nitrogen and oxygen atoms in total. The normalized spacial score (nSPS) is 22.1. The molecule has 0 amide bonds. The summed E-state index contributed by atoms with van der Waals surface area (Å²) in [5, 5.41) is 3.50. The molecule has 1 aliphatic rings. The van der Waals surface area contributed by atoms with Crippen LogP contribution in [0.5, 0.6) is 0 Å². The van der Waals surface area contributed by atoms with Crippen LogP contribution in [0.25, 0.3) is 0 Å². The van der Waals surface area contributed by atoms with Crippen LogP contribution in [0.3, 0.4) is 0 Å². The maximum absolute atomic E-state index is 5.87. The molecule has 10 heavy (non-hydrogen) atoms. The van der Waals surface area contributed by atoms with Gasteiger partial charge in [0, 0.05) is 0 Å². The van der Waals surface area contributed by atoms with Gasteiger partial charge in [-0.15, -0.1) is 0 Å². The second-order valence-electron chi connectivity index (χ2n) is 2.76. The fraction of sp³-hybridized carbons (Fsp3) is 0.667.